The second-order valence-corrected chi connectivity index (χ2v) is 4.32. The molecular formula is C12H14N2S. The lowest BCUT2D eigenvalue weighted by Crippen LogP contribution is -1.94. The van der Waals surface area contributed by atoms with Crippen molar-refractivity contribution in [2.75, 3.05) is 0 Å². The lowest BCUT2D eigenvalue weighted by molar-refractivity contribution is 0.753. The van der Waals surface area contributed by atoms with Gasteiger partial charge in [-0.1, -0.05) is 0 Å². The van der Waals surface area contributed by atoms with Gasteiger partial charge in [-0.2, -0.15) is 0 Å². The van der Waals surface area contributed by atoms with E-state index < -0.39 is 0 Å². The minimum absolute atomic E-state index is 0.961. The minimum Gasteiger partial charge on any atom is -0.332 e. The summed E-state index contributed by atoms with van der Waals surface area (Å²) in [6, 6.07) is 2.14. The Morgan fingerprint density at radius 2 is 2.33 bits per heavy atom. The molecule has 0 spiro atoms. The summed E-state index contributed by atoms with van der Waals surface area (Å²) in [7, 11) is 0. The van der Waals surface area contributed by atoms with Crippen LogP contribution in [-0.4, -0.2) is 9.55 Å². The van der Waals surface area contributed by atoms with Crippen molar-refractivity contribution < 1.29 is 0 Å². The largest absolute Gasteiger partial charge is 0.332 e. The van der Waals surface area contributed by atoms with Gasteiger partial charge in [0.25, 0.3) is 0 Å². The van der Waals surface area contributed by atoms with Crippen molar-refractivity contribution in [2.45, 2.75) is 20.4 Å². The number of hydrogen-bond acceptors (Lipinski definition) is 2. The van der Waals surface area contributed by atoms with Gasteiger partial charge in [0, 0.05) is 23.8 Å². The fraction of sp³-hybridized carbons (Fsp3) is 0.250. The molecule has 0 aliphatic carbocycles. The third-order valence-electron chi connectivity index (χ3n) is 2.37. The monoisotopic (exact) mass is 218 g/mol. The van der Waals surface area contributed by atoms with Crippen LogP contribution < -0.4 is 0 Å². The van der Waals surface area contributed by atoms with Crippen molar-refractivity contribution in [1.82, 2.24) is 9.55 Å². The fourth-order valence-corrected chi connectivity index (χ4v) is 2.27. The van der Waals surface area contributed by atoms with Crippen LogP contribution in [0.25, 0.3) is 12.2 Å². The molecule has 0 bridgehead atoms. The molecule has 2 rings (SSSR count). The first-order valence-corrected chi connectivity index (χ1v) is 5.92. The minimum atomic E-state index is 0.961. The fourth-order valence-electron chi connectivity index (χ4n) is 1.45. The van der Waals surface area contributed by atoms with Crippen LogP contribution in [0.1, 0.15) is 23.2 Å². The summed E-state index contributed by atoms with van der Waals surface area (Å²) in [5.74, 6) is 1.02. The number of nitrogens with zero attached hydrogens (tertiary/aromatic N) is 2. The molecule has 2 aromatic heterocycles. The summed E-state index contributed by atoms with van der Waals surface area (Å²) >= 11 is 1.76. The van der Waals surface area contributed by atoms with E-state index >= 15 is 0 Å². The van der Waals surface area contributed by atoms with Crippen LogP contribution >= 0.6 is 11.3 Å². The second-order valence-electron chi connectivity index (χ2n) is 3.37. The smallest absolute Gasteiger partial charge is 0.132 e. The van der Waals surface area contributed by atoms with Crippen LogP contribution in [0, 0.1) is 6.92 Å². The van der Waals surface area contributed by atoms with Crippen molar-refractivity contribution in [3.05, 3.63) is 40.1 Å². The molecule has 0 unspecified atom stereocenters. The molecule has 2 aromatic rings. The standard InChI is InChI=1S/C12H14N2S/c1-3-14-8-7-13-12(14)5-4-11-10(2)6-9-15-11/h4-9H,3H2,1-2H3. The zero-order chi connectivity index (χ0) is 10.7. The molecule has 0 aliphatic heterocycles. The van der Waals surface area contributed by atoms with Crippen LogP contribution in [0.2, 0.25) is 0 Å². The van der Waals surface area contributed by atoms with Gasteiger partial charge >= 0.3 is 0 Å². The van der Waals surface area contributed by atoms with Gasteiger partial charge in [-0.25, -0.2) is 4.98 Å². The maximum atomic E-state index is 4.30. The van der Waals surface area contributed by atoms with Gasteiger partial charge in [0.2, 0.25) is 0 Å². The number of hydrogen-bond donors (Lipinski definition) is 0. The van der Waals surface area contributed by atoms with Gasteiger partial charge in [0.05, 0.1) is 0 Å². The Balaban J connectivity index is 2.22. The third kappa shape index (κ3) is 2.18. The molecule has 0 fully saturated rings. The van der Waals surface area contributed by atoms with Crippen LogP contribution in [0.5, 0.6) is 0 Å². The van der Waals surface area contributed by atoms with Crippen molar-refractivity contribution in [2.24, 2.45) is 0 Å². The molecule has 0 amide bonds. The van der Waals surface area contributed by atoms with E-state index in [4.69, 9.17) is 0 Å². The Morgan fingerprint density at radius 3 is 3.00 bits per heavy atom. The summed E-state index contributed by atoms with van der Waals surface area (Å²) in [6.45, 7) is 5.21. The molecule has 0 saturated carbocycles. The molecule has 0 radical (unpaired) electrons. The molecule has 78 valence electrons. The van der Waals surface area contributed by atoms with Gasteiger partial charge in [0.15, 0.2) is 0 Å². The van der Waals surface area contributed by atoms with Gasteiger partial charge in [-0.05, 0) is 43.0 Å². The number of aromatic nitrogens is 2. The van der Waals surface area contributed by atoms with E-state index in [1.165, 1.54) is 10.4 Å². The lowest BCUT2D eigenvalue weighted by atomic mass is 10.3. The van der Waals surface area contributed by atoms with E-state index in [1.807, 2.05) is 12.4 Å². The van der Waals surface area contributed by atoms with E-state index in [0.29, 0.717) is 0 Å². The number of imidazole rings is 1. The SMILES string of the molecule is CCn1ccnc1C=Cc1sccc1C. The first kappa shape index (κ1) is 10.2. The zero-order valence-corrected chi connectivity index (χ0v) is 9.79. The van der Waals surface area contributed by atoms with E-state index in [0.717, 1.165) is 12.4 Å². The number of thiophene rings is 1. The van der Waals surface area contributed by atoms with Crippen LogP contribution in [-0.2, 0) is 6.54 Å². The van der Waals surface area contributed by atoms with Gasteiger partial charge in [-0.15, -0.1) is 11.3 Å². The van der Waals surface area contributed by atoms with E-state index in [9.17, 15) is 0 Å². The van der Waals surface area contributed by atoms with Crippen molar-refractivity contribution in [3.63, 3.8) is 0 Å². The Bertz CT molecular complexity index is 465. The quantitative estimate of drug-likeness (QED) is 0.771. The molecule has 0 aromatic carbocycles. The zero-order valence-electron chi connectivity index (χ0n) is 8.97. The summed E-state index contributed by atoms with van der Waals surface area (Å²) in [6.07, 6.45) is 8.04. The maximum Gasteiger partial charge on any atom is 0.132 e. The second kappa shape index (κ2) is 4.45. The van der Waals surface area contributed by atoms with Crippen LogP contribution in [0.15, 0.2) is 23.8 Å². The summed E-state index contributed by atoms with van der Waals surface area (Å²) in [5.41, 5.74) is 1.32. The molecule has 2 heterocycles. The average Bonchev–Trinajstić information content (AvgIpc) is 2.83. The topological polar surface area (TPSA) is 17.8 Å². The molecule has 0 atom stereocenters. The average molecular weight is 218 g/mol. The Labute approximate surface area is 93.9 Å². The molecule has 0 N–H and O–H groups in total. The highest BCUT2D eigenvalue weighted by Crippen LogP contribution is 2.18. The first-order valence-electron chi connectivity index (χ1n) is 5.04. The van der Waals surface area contributed by atoms with Gasteiger partial charge in [0.1, 0.15) is 5.82 Å². The third-order valence-corrected chi connectivity index (χ3v) is 3.36. The van der Waals surface area contributed by atoms with Crippen molar-refractivity contribution >= 4 is 23.5 Å². The first-order chi connectivity index (χ1) is 7.31. The van der Waals surface area contributed by atoms with Crippen LogP contribution in [0.4, 0.5) is 0 Å². The summed E-state index contributed by atoms with van der Waals surface area (Å²) < 4.78 is 2.12. The molecule has 0 aliphatic rings. The Kier molecular flexibility index (Phi) is 3.02. The van der Waals surface area contributed by atoms with Gasteiger partial charge < -0.3 is 4.57 Å². The molecule has 15 heavy (non-hydrogen) atoms. The van der Waals surface area contributed by atoms with E-state index in [2.05, 4.69) is 47.0 Å². The highest BCUT2D eigenvalue weighted by molar-refractivity contribution is 7.11. The summed E-state index contributed by atoms with van der Waals surface area (Å²) in [4.78, 5) is 5.60. The predicted molar refractivity (Wildman–Crippen MR) is 65.9 cm³/mol. The van der Waals surface area contributed by atoms with E-state index in [1.54, 1.807) is 11.3 Å². The highest BCUT2D eigenvalue weighted by Gasteiger charge is 1.97. The normalized spacial score (nSPS) is 11.3. The Hall–Kier alpha value is -1.35. The van der Waals surface area contributed by atoms with Crippen molar-refractivity contribution in [1.29, 1.82) is 0 Å². The number of rotatable bonds is 3. The molecular weight excluding hydrogens is 204 g/mol. The molecule has 3 heteroatoms. The molecule has 2 nitrogen and oxygen atoms in total. The van der Waals surface area contributed by atoms with Gasteiger partial charge in [-0.3, -0.25) is 0 Å². The summed E-state index contributed by atoms with van der Waals surface area (Å²) in [5, 5.41) is 2.11. The molecule has 0 saturated heterocycles. The number of aryl methyl sites for hydroxylation is 2. The van der Waals surface area contributed by atoms with Crippen LogP contribution in [0.3, 0.4) is 0 Å². The Morgan fingerprint density at radius 1 is 1.47 bits per heavy atom. The maximum absolute atomic E-state index is 4.30. The lowest BCUT2D eigenvalue weighted by Gasteiger charge is -1.98. The van der Waals surface area contributed by atoms with Crippen molar-refractivity contribution in [3.8, 4) is 0 Å². The highest BCUT2D eigenvalue weighted by atomic mass is 32.1. The predicted octanol–water partition coefficient (Wildman–Crippen LogP) is 3.44. The van der Waals surface area contributed by atoms with E-state index in [-0.39, 0.29) is 0 Å².